The molecule has 2 amide bonds. The van der Waals surface area contributed by atoms with Crippen molar-refractivity contribution < 1.29 is 19.0 Å². The predicted molar refractivity (Wildman–Crippen MR) is 90.1 cm³/mol. The van der Waals surface area contributed by atoms with E-state index in [4.69, 9.17) is 14.2 Å². The van der Waals surface area contributed by atoms with Crippen LogP contribution in [0.5, 0.6) is 0 Å². The highest BCUT2D eigenvalue weighted by atomic mass is 16.6. The Morgan fingerprint density at radius 1 is 1.29 bits per heavy atom. The van der Waals surface area contributed by atoms with Crippen LogP contribution in [0.3, 0.4) is 0 Å². The van der Waals surface area contributed by atoms with Crippen LogP contribution in [0.15, 0.2) is 0 Å². The highest BCUT2D eigenvalue weighted by Crippen LogP contribution is 2.24. The van der Waals surface area contributed by atoms with E-state index in [0.717, 1.165) is 19.5 Å². The molecule has 3 aliphatic heterocycles. The second kappa shape index (κ2) is 8.47. The molecule has 3 saturated heterocycles. The van der Waals surface area contributed by atoms with Gasteiger partial charge in [-0.05, 0) is 32.7 Å². The van der Waals surface area contributed by atoms with E-state index in [2.05, 4.69) is 17.1 Å². The van der Waals surface area contributed by atoms with Crippen molar-refractivity contribution in [1.82, 2.24) is 15.1 Å². The molecule has 0 saturated carbocycles. The van der Waals surface area contributed by atoms with Crippen molar-refractivity contribution in [2.75, 3.05) is 53.2 Å². The van der Waals surface area contributed by atoms with Gasteiger partial charge in [0.05, 0.1) is 25.9 Å². The van der Waals surface area contributed by atoms with Gasteiger partial charge < -0.3 is 24.4 Å². The van der Waals surface area contributed by atoms with Crippen LogP contribution in [-0.2, 0) is 14.2 Å². The molecule has 24 heavy (non-hydrogen) atoms. The molecule has 3 aliphatic rings. The number of carbonyl (C=O) groups excluding carboxylic acids is 1. The zero-order valence-corrected chi connectivity index (χ0v) is 14.9. The molecular formula is C17H31N3O4. The fourth-order valence-electron chi connectivity index (χ4n) is 4.04. The third-order valence-corrected chi connectivity index (χ3v) is 5.43. The Labute approximate surface area is 144 Å². The van der Waals surface area contributed by atoms with Gasteiger partial charge in [-0.15, -0.1) is 0 Å². The fourth-order valence-corrected chi connectivity index (χ4v) is 4.04. The second-order valence-electron chi connectivity index (χ2n) is 7.11. The van der Waals surface area contributed by atoms with Crippen molar-refractivity contribution in [2.45, 2.75) is 50.4 Å². The number of amides is 2. The molecule has 0 aromatic heterocycles. The molecule has 0 radical (unpaired) electrons. The minimum absolute atomic E-state index is 0.0110. The van der Waals surface area contributed by atoms with Gasteiger partial charge in [0.25, 0.3) is 0 Å². The zero-order chi connectivity index (χ0) is 16.9. The van der Waals surface area contributed by atoms with Crippen molar-refractivity contribution in [3.63, 3.8) is 0 Å². The Hall–Kier alpha value is -0.890. The lowest BCUT2D eigenvalue weighted by Crippen LogP contribution is -2.61. The third-order valence-electron chi connectivity index (χ3n) is 5.43. The molecule has 7 heteroatoms. The lowest BCUT2D eigenvalue weighted by molar-refractivity contribution is -0.0769. The molecular weight excluding hydrogens is 310 g/mol. The topological polar surface area (TPSA) is 63.3 Å². The smallest absolute Gasteiger partial charge is 0.318 e. The Morgan fingerprint density at radius 3 is 3.00 bits per heavy atom. The van der Waals surface area contributed by atoms with Crippen LogP contribution in [0.2, 0.25) is 0 Å². The van der Waals surface area contributed by atoms with E-state index in [0.29, 0.717) is 32.5 Å². The molecule has 0 aliphatic carbocycles. The van der Waals surface area contributed by atoms with Crippen LogP contribution >= 0.6 is 0 Å². The van der Waals surface area contributed by atoms with Crippen LogP contribution in [0.25, 0.3) is 0 Å². The normalized spacial score (nSPS) is 34.2. The van der Waals surface area contributed by atoms with E-state index >= 15 is 0 Å². The van der Waals surface area contributed by atoms with Crippen molar-refractivity contribution >= 4 is 6.03 Å². The average molecular weight is 341 g/mol. The number of urea groups is 1. The lowest BCUT2D eigenvalue weighted by Gasteiger charge is -2.43. The molecule has 0 bridgehead atoms. The van der Waals surface area contributed by atoms with Crippen molar-refractivity contribution in [3.8, 4) is 0 Å². The molecule has 0 spiro atoms. The number of fused-ring (bicyclic) bond motifs is 1. The summed E-state index contributed by atoms with van der Waals surface area (Å²) in [7, 11) is 1.66. The summed E-state index contributed by atoms with van der Waals surface area (Å²) in [5, 5.41) is 3.20. The van der Waals surface area contributed by atoms with E-state index < -0.39 is 0 Å². The summed E-state index contributed by atoms with van der Waals surface area (Å²) in [6.45, 7) is 7.42. The van der Waals surface area contributed by atoms with E-state index in [-0.39, 0.29) is 24.2 Å². The van der Waals surface area contributed by atoms with Crippen molar-refractivity contribution in [2.24, 2.45) is 0 Å². The van der Waals surface area contributed by atoms with Gasteiger partial charge in [0.2, 0.25) is 0 Å². The molecule has 7 nitrogen and oxygen atoms in total. The maximum atomic E-state index is 12.8. The quantitative estimate of drug-likeness (QED) is 0.745. The van der Waals surface area contributed by atoms with E-state index in [9.17, 15) is 4.79 Å². The zero-order valence-electron chi connectivity index (χ0n) is 14.9. The summed E-state index contributed by atoms with van der Waals surface area (Å²) in [5.74, 6) is 0. The molecule has 0 aromatic rings. The Morgan fingerprint density at radius 2 is 2.17 bits per heavy atom. The number of carbonyl (C=O) groups is 1. The summed E-state index contributed by atoms with van der Waals surface area (Å²) in [4.78, 5) is 17.4. The van der Waals surface area contributed by atoms with Gasteiger partial charge in [-0.3, -0.25) is 4.90 Å². The maximum absolute atomic E-state index is 12.8. The minimum Gasteiger partial charge on any atom is -0.382 e. The largest absolute Gasteiger partial charge is 0.382 e. The van der Waals surface area contributed by atoms with Crippen LogP contribution in [0.1, 0.15) is 26.2 Å². The summed E-state index contributed by atoms with van der Waals surface area (Å²) in [6.07, 6.45) is 3.15. The number of methoxy groups -OCH3 is 1. The monoisotopic (exact) mass is 341 g/mol. The molecule has 3 heterocycles. The number of nitrogens with zero attached hydrogens (tertiary/aromatic N) is 2. The van der Waals surface area contributed by atoms with E-state index in [1.165, 1.54) is 19.4 Å². The molecule has 1 N–H and O–H groups in total. The van der Waals surface area contributed by atoms with Gasteiger partial charge in [0.15, 0.2) is 0 Å². The number of ether oxygens (including phenoxy) is 3. The van der Waals surface area contributed by atoms with Crippen molar-refractivity contribution in [1.29, 1.82) is 0 Å². The number of piperazine rings is 1. The third kappa shape index (κ3) is 4.20. The van der Waals surface area contributed by atoms with Crippen LogP contribution in [-0.4, -0.2) is 93.2 Å². The van der Waals surface area contributed by atoms with Gasteiger partial charge in [-0.2, -0.15) is 0 Å². The first kappa shape index (κ1) is 17.9. The molecule has 4 atom stereocenters. The molecule has 3 fully saturated rings. The van der Waals surface area contributed by atoms with Gasteiger partial charge in [-0.25, -0.2) is 4.79 Å². The summed E-state index contributed by atoms with van der Waals surface area (Å²) in [6, 6.07) is 0.848. The summed E-state index contributed by atoms with van der Waals surface area (Å²) < 4.78 is 16.4. The summed E-state index contributed by atoms with van der Waals surface area (Å²) >= 11 is 0. The molecule has 3 rings (SSSR count). The molecule has 138 valence electrons. The Balaban J connectivity index is 1.53. The highest BCUT2D eigenvalue weighted by Gasteiger charge is 2.38. The first-order valence-electron chi connectivity index (χ1n) is 9.18. The van der Waals surface area contributed by atoms with Crippen molar-refractivity contribution in [3.05, 3.63) is 0 Å². The molecule has 4 unspecified atom stereocenters. The molecule has 0 aromatic carbocycles. The van der Waals surface area contributed by atoms with Crippen LogP contribution in [0.4, 0.5) is 4.79 Å². The SMILES string of the molecule is COCCOC1COCCC1NC(=O)N1CC2CCCN2CC1C. The predicted octanol–water partition coefficient (Wildman–Crippen LogP) is 0.685. The van der Waals surface area contributed by atoms with Gasteiger partial charge in [-0.1, -0.05) is 0 Å². The number of rotatable bonds is 5. The standard InChI is InChI=1S/C17H31N3O4/c1-13-10-19-6-3-4-14(19)11-20(13)17(21)18-15-5-7-23-12-16(15)24-9-8-22-2/h13-16H,3-12H2,1-2H3,(H,18,21). The van der Waals surface area contributed by atoms with E-state index in [1.807, 2.05) is 4.90 Å². The van der Waals surface area contributed by atoms with E-state index in [1.54, 1.807) is 7.11 Å². The highest BCUT2D eigenvalue weighted by molar-refractivity contribution is 5.75. The van der Waals surface area contributed by atoms with Crippen LogP contribution < -0.4 is 5.32 Å². The first-order valence-corrected chi connectivity index (χ1v) is 9.18. The average Bonchev–Trinajstić information content (AvgIpc) is 3.03. The minimum atomic E-state index is -0.0964. The Bertz CT molecular complexity index is 423. The Kier molecular flexibility index (Phi) is 6.32. The van der Waals surface area contributed by atoms with Gasteiger partial charge in [0.1, 0.15) is 6.10 Å². The number of nitrogens with one attached hydrogen (secondary N) is 1. The number of hydrogen-bond acceptors (Lipinski definition) is 5. The first-order chi connectivity index (χ1) is 11.7. The fraction of sp³-hybridized carbons (Fsp3) is 0.941. The maximum Gasteiger partial charge on any atom is 0.318 e. The number of hydrogen-bond donors (Lipinski definition) is 1. The second-order valence-corrected chi connectivity index (χ2v) is 7.11. The summed E-state index contributed by atoms with van der Waals surface area (Å²) in [5.41, 5.74) is 0. The van der Waals surface area contributed by atoms with Crippen LogP contribution in [0, 0.1) is 0 Å². The van der Waals surface area contributed by atoms with Gasteiger partial charge >= 0.3 is 6.03 Å². The lowest BCUT2D eigenvalue weighted by atomic mass is 10.1. The van der Waals surface area contributed by atoms with Gasteiger partial charge in [0, 0.05) is 38.9 Å².